The zero-order valence-electron chi connectivity index (χ0n) is 12.6. The Bertz CT molecular complexity index is 650. The Labute approximate surface area is 128 Å². The number of carbonyl (C=O) groups is 1. The average Bonchev–Trinajstić information content (AvgIpc) is 2.76. The molecule has 0 amide bonds. The third kappa shape index (κ3) is 4.12. The van der Waals surface area contributed by atoms with Gasteiger partial charge in [0, 0.05) is 23.4 Å². The molecule has 0 aliphatic heterocycles. The van der Waals surface area contributed by atoms with Crippen LogP contribution in [0.5, 0.6) is 0 Å². The quantitative estimate of drug-likeness (QED) is 0.806. The van der Waals surface area contributed by atoms with Crippen LogP contribution in [0, 0.1) is 20.8 Å². The Balaban J connectivity index is 2.10. The first-order valence-electron chi connectivity index (χ1n) is 6.94. The maximum Gasteiger partial charge on any atom is 0.317 e. The molecule has 0 atom stereocenters. The summed E-state index contributed by atoms with van der Waals surface area (Å²) in [5.74, 6) is -0.832. The van der Waals surface area contributed by atoms with E-state index in [9.17, 15) is 4.79 Å². The molecule has 2 N–H and O–H groups in total. The molecular weight excluding hydrogens is 284 g/mol. The summed E-state index contributed by atoms with van der Waals surface area (Å²) >= 11 is 1.68. The minimum Gasteiger partial charge on any atom is -0.480 e. The van der Waals surface area contributed by atoms with Crippen LogP contribution in [0.25, 0.3) is 11.3 Å². The second-order valence-corrected chi connectivity index (χ2v) is 6.44. The molecule has 0 spiro atoms. The van der Waals surface area contributed by atoms with E-state index in [1.54, 1.807) is 11.3 Å². The molecular formula is C16H20N2O2S. The van der Waals surface area contributed by atoms with Crippen LogP contribution < -0.4 is 5.32 Å². The maximum atomic E-state index is 10.4. The summed E-state index contributed by atoms with van der Waals surface area (Å²) in [5.41, 5.74) is 4.71. The Morgan fingerprint density at radius 3 is 2.76 bits per heavy atom. The number of hydrogen-bond acceptors (Lipinski definition) is 4. The molecule has 1 heterocycles. The van der Waals surface area contributed by atoms with Crippen molar-refractivity contribution in [1.82, 2.24) is 10.3 Å². The number of aliphatic carboxylic acids is 1. The van der Waals surface area contributed by atoms with Crippen molar-refractivity contribution in [1.29, 1.82) is 0 Å². The van der Waals surface area contributed by atoms with Crippen LogP contribution in [0.15, 0.2) is 18.2 Å². The van der Waals surface area contributed by atoms with Crippen LogP contribution in [0.2, 0.25) is 0 Å². The van der Waals surface area contributed by atoms with Crippen molar-refractivity contribution in [2.24, 2.45) is 0 Å². The van der Waals surface area contributed by atoms with Crippen molar-refractivity contribution >= 4 is 17.3 Å². The van der Waals surface area contributed by atoms with Gasteiger partial charge in [0.25, 0.3) is 0 Å². The lowest BCUT2D eigenvalue weighted by Gasteiger charge is -2.05. The van der Waals surface area contributed by atoms with Crippen LogP contribution in [0.4, 0.5) is 0 Å². The Hall–Kier alpha value is -1.72. The second kappa shape index (κ2) is 6.83. The molecule has 21 heavy (non-hydrogen) atoms. The van der Waals surface area contributed by atoms with E-state index in [0.717, 1.165) is 17.1 Å². The van der Waals surface area contributed by atoms with Crippen molar-refractivity contribution in [3.63, 3.8) is 0 Å². The van der Waals surface area contributed by atoms with Gasteiger partial charge in [0.05, 0.1) is 17.2 Å². The molecule has 0 saturated carbocycles. The highest BCUT2D eigenvalue weighted by molar-refractivity contribution is 7.12. The fraction of sp³-hybridized carbons (Fsp3) is 0.375. The van der Waals surface area contributed by atoms with Crippen LogP contribution in [-0.2, 0) is 11.2 Å². The first-order chi connectivity index (χ1) is 9.97. The number of thiazole rings is 1. The average molecular weight is 304 g/mol. The number of hydrogen-bond donors (Lipinski definition) is 2. The number of aryl methyl sites for hydroxylation is 3. The molecule has 0 fully saturated rings. The number of rotatable bonds is 6. The van der Waals surface area contributed by atoms with Gasteiger partial charge < -0.3 is 10.4 Å². The summed E-state index contributed by atoms with van der Waals surface area (Å²) in [6.45, 7) is 6.90. The van der Waals surface area contributed by atoms with Crippen LogP contribution >= 0.6 is 11.3 Å². The molecule has 0 bridgehead atoms. The maximum absolute atomic E-state index is 10.4. The first kappa shape index (κ1) is 15.7. The molecule has 0 unspecified atom stereocenters. The lowest BCUT2D eigenvalue weighted by molar-refractivity contribution is -0.135. The summed E-state index contributed by atoms with van der Waals surface area (Å²) in [6.07, 6.45) is 0.754. The SMILES string of the molecule is Cc1ccc(-c2nc(CCNCC(=O)O)sc2C)c(C)c1. The van der Waals surface area contributed by atoms with Gasteiger partial charge in [0.15, 0.2) is 0 Å². The standard InChI is InChI=1S/C16H20N2O2S/c1-10-4-5-13(11(2)8-10)16-12(3)21-14(18-16)6-7-17-9-15(19)20/h4-5,8,17H,6-7,9H2,1-3H3,(H,19,20). The Morgan fingerprint density at radius 1 is 1.33 bits per heavy atom. The number of nitrogens with zero attached hydrogens (tertiary/aromatic N) is 1. The third-order valence-electron chi connectivity index (χ3n) is 3.27. The summed E-state index contributed by atoms with van der Waals surface area (Å²) in [4.78, 5) is 16.4. The van der Waals surface area contributed by atoms with E-state index in [2.05, 4.69) is 44.3 Å². The normalized spacial score (nSPS) is 10.8. The van der Waals surface area contributed by atoms with Crippen LogP contribution in [0.1, 0.15) is 21.0 Å². The number of carboxylic acids is 1. The van der Waals surface area contributed by atoms with Gasteiger partial charge in [0.1, 0.15) is 0 Å². The molecule has 0 aliphatic carbocycles. The summed E-state index contributed by atoms with van der Waals surface area (Å²) in [7, 11) is 0. The van der Waals surface area contributed by atoms with Gasteiger partial charge in [-0.15, -0.1) is 11.3 Å². The van der Waals surface area contributed by atoms with E-state index in [1.165, 1.54) is 21.6 Å². The van der Waals surface area contributed by atoms with Crippen molar-refractivity contribution in [3.05, 3.63) is 39.2 Å². The van der Waals surface area contributed by atoms with E-state index in [1.807, 2.05) is 0 Å². The summed E-state index contributed by atoms with van der Waals surface area (Å²) in [5, 5.41) is 12.5. The van der Waals surface area contributed by atoms with Gasteiger partial charge in [-0.3, -0.25) is 4.79 Å². The van der Waals surface area contributed by atoms with Gasteiger partial charge in [-0.2, -0.15) is 0 Å². The molecule has 1 aromatic heterocycles. The fourth-order valence-electron chi connectivity index (χ4n) is 2.28. The second-order valence-electron chi connectivity index (χ2n) is 5.15. The minimum atomic E-state index is -0.832. The zero-order valence-corrected chi connectivity index (χ0v) is 13.4. The topological polar surface area (TPSA) is 62.2 Å². The van der Waals surface area contributed by atoms with Gasteiger partial charge >= 0.3 is 5.97 Å². The smallest absolute Gasteiger partial charge is 0.317 e. The van der Waals surface area contributed by atoms with Crippen molar-refractivity contribution in [2.45, 2.75) is 27.2 Å². The van der Waals surface area contributed by atoms with Gasteiger partial charge in [-0.05, 0) is 26.3 Å². The molecule has 4 nitrogen and oxygen atoms in total. The first-order valence-corrected chi connectivity index (χ1v) is 7.75. The van der Waals surface area contributed by atoms with Gasteiger partial charge in [-0.1, -0.05) is 23.8 Å². The fourth-order valence-corrected chi connectivity index (χ4v) is 3.22. The lowest BCUT2D eigenvalue weighted by atomic mass is 10.0. The van der Waals surface area contributed by atoms with Gasteiger partial charge in [0.2, 0.25) is 0 Å². The van der Waals surface area contributed by atoms with Crippen molar-refractivity contribution in [3.8, 4) is 11.3 Å². The highest BCUT2D eigenvalue weighted by Gasteiger charge is 2.11. The molecule has 0 saturated heterocycles. The monoisotopic (exact) mass is 304 g/mol. The highest BCUT2D eigenvalue weighted by Crippen LogP contribution is 2.30. The molecule has 0 radical (unpaired) electrons. The van der Waals surface area contributed by atoms with E-state index in [-0.39, 0.29) is 6.54 Å². The predicted molar refractivity (Wildman–Crippen MR) is 86.0 cm³/mol. The van der Waals surface area contributed by atoms with Crippen molar-refractivity contribution in [2.75, 3.05) is 13.1 Å². The van der Waals surface area contributed by atoms with Gasteiger partial charge in [-0.25, -0.2) is 4.98 Å². The molecule has 112 valence electrons. The van der Waals surface area contributed by atoms with E-state index in [0.29, 0.717) is 6.54 Å². The number of carboxylic acid groups (broad SMARTS) is 1. The molecule has 5 heteroatoms. The summed E-state index contributed by atoms with van der Waals surface area (Å²) in [6, 6.07) is 6.40. The van der Waals surface area contributed by atoms with Crippen LogP contribution in [-0.4, -0.2) is 29.1 Å². The zero-order chi connectivity index (χ0) is 15.4. The minimum absolute atomic E-state index is 0.00567. The predicted octanol–water partition coefficient (Wildman–Crippen LogP) is 2.95. The summed E-state index contributed by atoms with van der Waals surface area (Å²) < 4.78 is 0. The third-order valence-corrected chi connectivity index (χ3v) is 4.30. The number of aromatic nitrogens is 1. The molecule has 0 aliphatic rings. The molecule has 1 aromatic carbocycles. The Kier molecular flexibility index (Phi) is 5.09. The van der Waals surface area contributed by atoms with E-state index >= 15 is 0 Å². The number of nitrogens with one attached hydrogen (secondary N) is 1. The number of benzene rings is 1. The lowest BCUT2D eigenvalue weighted by Crippen LogP contribution is -2.24. The molecule has 2 rings (SSSR count). The molecule has 2 aromatic rings. The van der Waals surface area contributed by atoms with E-state index in [4.69, 9.17) is 10.1 Å². The largest absolute Gasteiger partial charge is 0.480 e. The van der Waals surface area contributed by atoms with Crippen molar-refractivity contribution < 1.29 is 9.90 Å². The Morgan fingerprint density at radius 2 is 2.10 bits per heavy atom. The highest BCUT2D eigenvalue weighted by atomic mass is 32.1. The van der Waals surface area contributed by atoms with Crippen LogP contribution in [0.3, 0.4) is 0 Å². The van der Waals surface area contributed by atoms with E-state index < -0.39 is 5.97 Å².